The molecular weight excluding hydrogens is 256 g/mol. The van der Waals surface area contributed by atoms with E-state index in [1.165, 1.54) is 4.88 Å². The first-order chi connectivity index (χ1) is 9.20. The van der Waals surface area contributed by atoms with E-state index >= 15 is 0 Å². The largest absolute Gasteiger partial charge is 0.362 e. The quantitative estimate of drug-likeness (QED) is 0.843. The van der Waals surface area contributed by atoms with Crippen LogP contribution in [0.5, 0.6) is 0 Å². The Morgan fingerprint density at radius 2 is 2.16 bits per heavy atom. The summed E-state index contributed by atoms with van der Waals surface area (Å²) in [4.78, 5) is 9.98. The number of hydrogen-bond acceptors (Lipinski definition) is 5. The van der Waals surface area contributed by atoms with Gasteiger partial charge in [0.15, 0.2) is 0 Å². The molecule has 1 atom stereocenters. The third-order valence-electron chi connectivity index (χ3n) is 2.81. The van der Waals surface area contributed by atoms with E-state index in [4.69, 9.17) is 0 Å². The topological polar surface area (TPSA) is 49.8 Å². The van der Waals surface area contributed by atoms with Crippen LogP contribution < -0.4 is 10.6 Å². The van der Waals surface area contributed by atoms with E-state index in [2.05, 4.69) is 52.0 Å². The van der Waals surface area contributed by atoms with E-state index in [9.17, 15) is 0 Å². The molecule has 0 amide bonds. The van der Waals surface area contributed by atoms with Crippen molar-refractivity contribution in [3.8, 4) is 0 Å². The van der Waals surface area contributed by atoms with Crippen molar-refractivity contribution in [3.63, 3.8) is 0 Å². The second-order valence-electron chi connectivity index (χ2n) is 4.68. The Balaban J connectivity index is 2.15. The maximum absolute atomic E-state index is 4.47. The summed E-state index contributed by atoms with van der Waals surface area (Å²) in [5, 5.41) is 8.73. The fraction of sp³-hybridized carbons (Fsp3) is 0.429. The summed E-state index contributed by atoms with van der Waals surface area (Å²) in [7, 11) is 0. The van der Waals surface area contributed by atoms with Crippen LogP contribution in [0, 0.1) is 5.92 Å². The summed E-state index contributed by atoms with van der Waals surface area (Å²) in [5.74, 6) is 2.02. The molecule has 0 aliphatic heterocycles. The molecule has 2 heterocycles. The molecule has 0 fully saturated rings. The van der Waals surface area contributed by atoms with Gasteiger partial charge in [0.25, 0.3) is 0 Å². The molecule has 5 heteroatoms. The van der Waals surface area contributed by atoms with Gasteiger partial charge in [0.05, 0.1) is 6.04 Å². The summed E-state index contributed by atoms with van der Waals surface area (Å²) in [6.45, 7) is 7.28. The van der Waals surface area contributed by atoms with Crippen LogP contribution in [0.2, 0.25) is 0 Å². The summed E-state index contributed by atoms with van der Waals surface area (Å²) in [5.41, 5.74) is 0. The van der Waals surface area contributed by atoms with Gasteiger partial charge in [0, 0.05) is 17.6 Å². The van der Waals surface area contributed by atoms with Gasteiger partial charge in [0.2, 0.25) is 5.95 Å². The van der Waals surface area contributed by atoms with Crippen molar-refractivity contribution in [3.05, 3.63) is 34.7 Å². The van der Waals surface area contributed by atoms with Crippen molar-refractivity contribution in [2.24, 2.45) is 5.92 Å². The highest BCUT2D eigenvalue weighted by Crippen LogP contribution is 2.29. The first-order valence-electron chi connectivity index (χ1n) is 6.57. The van der Waals surface area contributed by atoms with E-state index in [1.807, 2.05) is 13.0 Å². The second kappa shape index (κ2) is 6.52. The van der Waals surface area contributed by atoms with Gasteiger partial charge in [-0.2, -0.15) is 4.98 Å². The molecule has 2 aromatic heterocycles. The molecule has 19 heavy (non-hydrogen) atoms. The zero-order chi connectivity index (χ0) is 13.7. The molecule has 0 spiro atoms. The van der Waals surface area contributed by atoms with Crippen LogP contribution in [0.15, 0.2) is 29.8 Å². The average Bonchev–Trinajstić information content (AvgIpc) is 2.90. The van der Waals surface area contributed by atoms with Crippen LogP contribution in [0.1, 0.15) is 31.7 Å². The standard InChI is InChI=1S/C14H20N4S/c1-4-15-14-16-8-7-12(18-14)17-13(10(2)3)11-6-5-9-19-11/h5-10,13H,4H2,1-3H3,(H2,15,16,17,18). The van der Waals surface area contributed by atoms with Crippen molar-refractivity contribution in [1.29, 1.82) is 0 Å². The fourth-order valence-electron chi connectivity index (χ4n) is 1.88. The second-order valence-corrected chi connectivity index (χ2v) is 5.66. The molecule has 0 aliphatic carbocycles. The summed E-state index contributed by atoms with van der Waals surface area (Å²) < 4.78 is 0. The van der Waals surface area contributed by atoms with Gasteiger partial charge >= 0.3 is 0 Å². The number of hydrogen-bond donors (Lipinski definition) is 2. The minimum Gasteiger partial charge on any atom is -0.362 e. The van der Waals surface area contributed by atoms with Crippen LogP contribution in [-0.2, 0) is 0 Å². The van der Waals surface area contributed by atoms with Crippen molar-refractivity contribution in [2.45, 2.75) is 26.8 Å². The maximum Gasteiger partial charge on any atom is 0.224 e. The van der Waals surface area contributed by atoms with Crippen LogP contribution in [-0.4, -0.2) is 16.5 Å². The predicted octanol–water partition coefficient (Wildman–Crippen LogP) is 3.78. The van der Waals surface area contributed by atoms with Crippen LogP contribution in [0.25, 0.3) is 0 Å². The van der Waals surface area contributed by atoms with Gasteiger partial charge in [-0.15, -0.1) is 11.3 Å². The minimum atomic E-state index is 0.282. The molecule has 0 radical (unpaired) electrons. The Hall–Kier alpha value is -1.62. The molecule has 0 aromatic carbocycles. The molecule has 0 bridgehead atoms. The number of aromatic nitrogens is 2. The summed E-state index contributed by atoms with van der Waals surface area (Å²) in [6, 6.07) is 6.43. The smallest absolute Gasteiger partial charge is 0.224 e. The molecule has 102 valence electrons. The number of nitrogens with zero attached hydrogens (tertiary/aromatic N) is 2. The number of thiophene rings is 1. The van der Waals surface area contributed by atoms with Gasteiger partial charge in [-0.05, 0) is 30.4 Å². The van der Waals surface area contributed by atoms with E-state index in [-0.39, 0.29) is 6.04 Å². The van der Waals surface area contributed by atoms with E-state index in [0.29, 0.717) is 11.9 Å². The SMILES string of the molecule is CCNc1nccc(NC(c2cccs2)C(C)C)n1. The first-order valence-corrected chi connectivity index (χ1v) is 7.45. The summed E-state index contributed by atoms with van der Waals surface area (Å²) in [6.07, 6.45) is 1.78. The van der Waals surface area contributed by atoms with Gasteiger partial charge in [0.1, 0.15) is 5.82 Å². The zero-order valence-corrected chi connectivity index (χ0v) is 12.4. The molecule has 2 rings (SSSR count). The predicted molar refractivity (Wildman–Crippen MR) is 81.7 cm³/mol. The average molecular weight is 276 g/mol. The van der Waals surface area contributed by atoms with Crippen molar-refractivity contribution >= 4 is 23.1 Å². The number of nitrogens with one attached hydrogen (secondary N) is 2. The third kappa shape index (κ3) is 3.67. The van der Waals surface area contributed by atoms with Crippen LogP contribution >= 0.6 is 11.3 Å². The number of rotatable bonds is 6. The lowest BCUT2D eigenvalue weighted by molar-refractivity contribution is 0.552. The molecule has 0 saturated carbocycles. The Labute approximate surface area is 118 Å². The Bertz CT molecular complexity index is 496. The zero-order valence-electron chi connectivity index (χ0n) is 11.6. The highest BCUT2D eigenvalue weighted by atomic mass is 32.1. The molecule has 4 nitrogen and oxygen atoms in total. The monoisotopic (exact) mass is 276 g/mol. The van der Waals surface area contributed by atoms with Gasteiger partial charge in [-0.3, -0.25) is 0 Å². The van der Waals surface area contributed by atoms with Gasteiger partial charge < -0.3 is 10.6 Å². The lowest BCUT2D eigenvalue weighted by atomic mass is 10.0. The van der Waals surface area contributed by atoms with E-state index in [1.54, 1.807) is 17.5 Å². The van der Waals surface area contributed by atoms with Crippen LogP contribution in [0.3, 0.4) is 0 Å². The van der Waals surface area contributed by atoms with E-state index < -0.39 is 0 Å². The maximum atomic E-state index is 4.47. The fourth-order valence-corrected chi connectivity index (χ4v) is 2.83. The van der Waals surface area contributed by atoms with Gasteiger partial charge in [-0.1, -0.05) is 19.9 Å². The molecular formula is C14H20N4S. The molecule has 1 unspecified atom stereocenters. The normalized spacial score (nSPS) is 12.4. The van der Waals surface area contributed by atoms with Crippen molar-refractivity contribution in [1.82, 2.24) is 9.97 Å². The molecule has 2 aromatic rings. The first kappa shape index (κ1) is 13.8. The van der Waals surface area contributed by atoms with Crippen molar-refractivity contribution in [2.75, 3.05) is 17.2 Å². The third-order valence-corrected chi connectivity index (χ3v) is 3.77. The van der Waals surface area contributed by atoms with Gasteiger partial charge in [-0.25, -0.2) is 4.98 Å². The van der Waals surface area contributed by atoms with E-state index in [0.717, 1.165) is 12.4 Å². The number of anilines is 2. The minimum absolute atomic E-state index is 0.282. The highest BCUT2D eigenvalue weighted by Gasteiger charge is 2.17. The highest BCUT2D eigenvalue weighted by molar-refractivity contribution is 7.10. The lowest BCUT2D eigenvalue weighted by Crippen LogP contribution is -2.17. The molecule has 0 saturated heterocycles. The molecule has 2 N–H and O–H groups in total. The Morgan fingerprint density at radius 3 is 2.79 bits per heavy atom. The van der Waals surface area contributed by atoms with Crippen molar-refractivity contribution < 1.29 is 0 Å². The Kier molecular flexibility index (Phi) is 4.74. The summed E-state index contributed by atoms with van der Waals surface area (Å²) >= 11 is 1.77. The molecule has 0 aliphatic rings. The lowest BCUT2D eigenvalue weighted by Gasteiger charge is -2.22. The Morgan fingerprint density at radius 1 is 1.32 bits per heavy atom. The van der Waals surface area contributed by atoms with Crippen LogP contribution in [0.4, 0.5) is 11.8 Å².